The van der Waals surface area contributed by atoms with Gasteiger partial charge in [-0.05, 0) is 20.3 Å². The average molecular weight is 302 g/mol. The highest BCUT2D eigenvalue weighted by Gasteiger charge is 2.15. The number of aromatic nitrogens is 3. The van der Waals surface area contributed by atoms with Crippen molar-refractivity contribution in [2.24, 2.45) is 5.73 Å². The number of aliphatic hydroxyl groups is 1. The summed E-state index contributed by atoms with van der Waals surface area (Å²) < 4.78 is 7.41. The Labute approximate surface area is 125 Å². The number of nitrogens with two attached hydrogens (primary N) is 1. The van der Waals surface area contributed by atoms with Crippen LogP contribution in [-0.2, 0) is 11.3 Å². The summed E-state index contributed by atoms with van der Waals surface area (Å²) in [7, 11) is 0. The quantitative estimate of drug-likeness (QED) is 0.504. The standard InChI is InChI=1S/C13H26N4O2S/c1-4-5-6-19-8-11(18)9-20-13-16-15-12(7-14)17(13)10(2)3/h10-11,18H,4-9,14H2,1-3H3. The lowest BCUT2D eigenvalue weighted by atomic mass is 10.3. The van der Waals surface area contributed by atoms with E-state index in [2.05, 4.69) is 31.0 Å². The number of thioether (sulfide) groups is 1. The number of ether oxygens (including phenoxy) is 1. The highest BCUT2D eigenvalue weighted by molar-refractivity contribution is 7.99. The lowest BCUT2D eigenvalue weighted by Crippen LogP contribution is -2.19. The van der Waals surface area contributed by atoms with Crippen molar-refractivity contribution in [2.75, 3.05) is 19.0 Å². The molecule has 0 aromatic carbocycles. The van der Waals surface area contributed by atoms with Gasteiger partial charge >= 0.3 is 0 Å². The molecule has 7 heteroatoms. The van der Waals surface area contributed by atoms with Crippen LogP contribution in [0.4, 0.5) is 0 Å². The minimum Gasteiger partial charge on any atom is -0.390 e. The molecule has 0 aliphatic heterocycles. The average Bonchev–Trinajstić information content (AvgIpc) is 2.84. The smallest absolute Gasteiger partial charge is 0.191 e. The third-order valence-corrected chi connectivity index (χ3v) is 3.88. The van der Waals surface area contributed by atoms with Crippen LogP contribution in [0.1, 0.15) is 45.5 Å². The van der Waals surface area contributed by atoms with Crippen LogP contribution in [0.15, 0.2) is 5.16 Å². The summed E-state index contributed by atoms with van der Waals surface area (Å²) in [5.41, 5.74) is 5.65. The molecule has 1 heterocycles. The summed E-state index contributed by atoms with van der Waals surface area (Å²) >= 11 is 1.49. The van der Waals surface area contributed by atoms with E-state index in [9.17, 15) is 5.11 Å². The van der Waals surface area contributed by atoms with E-state index in [0.29, 0.717) is 25.5 Å². The number of aliphatic hydroxyl groups excluding tert-OH is 1. The number of unbranched alkanes of at least 4 members (excludes halogenated alkanes) is 1. The fraction of sp³-hybridized carbons (Fsp3) is 0.846. The van der Waals surface area contributed by atoms with Gasteiger partial charge in [0.1, 0.15) is 5.82 Å². The molecule has 116 valence electrons. The van der Waals surface area contributed by atoms with Crippen molar-refractivity contribution in [2.45, 2.75) is 57.5 Å². The van der Waals surface area contributed by atoms with Gasteiger partial charge in [-0.3, -0.25) is 0 Å². The molecular weight excluding hydrogens is 276 g/mol. The van der Waals surface area contributed by atoms with Crippen LogP contribution >= 0.6 is 11.8 Å². The first kappa shape index (κ1) is 17.4. The van der Waals surface area contributed by atoms with E-state index in [0.717, 1.165) is 23.8 Å². The van der Waals surface area contributed by atoms with Crippen molar-refractivity contribution in [1.29, 1.82) is 0 Å². The third kappa shape index (κ3) is 5.40. The summed E-state index contributed by atoms with van der Waals surface area (Å²) in [6.45, 7) is 7.69. The maximum absolute atomic E-state index is 9.88. The Hall–Kier alpha value is -0.630. The summed E-state index contributed by atoms with van der Waals surface area (Å²) in [6.07, 6.45) is 1.64. The van der Waals surface area contributed by atoms with Gasteiger partial charge in [0.25, 0.3) is 0 Å². The monoisotopic (exact) mass is 302 g/mol. The Morgan fingerprint density at radius 3 is 2.75 bits per heavy atom. The molecule has 0 radical (unpaired) electrons. The van der Waals surface area contributed by atoms with Crippen molar-refractivity contribution in [1.82, 2.24) is 14.8 Å². The normalized spacial score (nSPS) is 13.1. The zero-order valence-electron chi connectivity index (χ0n) is 12.6. The SMILES string of the molecule is CCCCOCC(O)CSc1nnc(CN)n1C(C)C. The van der Waals surface area contributed by atoms with Crippen LogP contribution in [0.25, 0.3) is 0 Å². The second-order valence-corrected chi connectivity index (χ2v) is 5.95. The number of hydrogen-bond acceptors (Lipinski definition) is 6. The maximum Gasteiger partial charge on any atom is 0.191 e. The maximum atomic E-state index is 9.88. The third-order valence-electron chi connectivity index (χ3n) is 2.79. The van der Waals surface area contributed by atoms with Gasteiger partial charge in [0, 0.05) is 18.4 Å². The summed E-state index contributed by atoms with van der Waals surface area (Å²) in [6, 6.07) is 0.254. The molecule has 1 aromatic rings. The van der Waals surface area contributed by atoms with Crippen LogP contribution in [0.3, 0.4) is 0 Å². The molecule has 0 aliphatic carbocycles. The predicted molar refractivity (Wildman–Crippen MR) is 80.8 cm³/mol. The molecule has 0 aliphatic rings. The fourth-order valence-electron chi connectivity index (χ4n) is 1.75. The Morgan fingerprint density at radius 2 is 2.15 bits per heavy atom. The molecule has 3 N–H and O–H groups in total. The number of hydrogen-bond donors (Lipinski definition) is 2. The van der Waals surface area contributed by atoms with E-state index in [1.54, 1.807) is 0 Å². The van der Waals surface area contributed by atoms with Crippen molar-refractivity contribution in [3.05, 3.63) is 5.82 Å². The van der Waals surface area contributed by atoms with Gasteiger partial charge in [0.2, 0.25) is 0 Å². The van der Waals surface area contributed by atoms with Crippen molar-refractivity contribution >= 4 is 11.8 Å². The fourth-order valence-corrected chi connectivity index (χ4v) is 2.74. The molecule has 1 aromatic heterocycles. The van der Waals surface area contributed by atoms with E-state index in [-0.39, 0.29) is 6.04 Å². The molecule has 1 unspecified atom stereocenters. The Bertz CT molecular complexity index is 384. The van der Waals surface area contributed by atoms with Crippen LogP contribution in [0.2, 0.25) is 0 Å². The Morgan fingerprint density at radius 1 is 1.40 bits per heavy atom. The number of nitrogens with zero attached hydrogens (tertiary/aromatic N) is 3. The van der Waals surface area contributed by atoms with Gasteiger partial charge in [0.05, 0.1) is 19.3 Å². The highest BCUT2D eigenvalue weighted by Crippen LogP contribution is 2.22. The zero-order chi connectivity index (χ0) is 15.0. The second-order valence-electron chi connectivity index (χ2n) is 4.96. The zero-order valence-corrected chi connectivity index (χ0v) is 13.4. The molecule has 0 bridgehead atoms. The van der Waals surface area contributed by atoms with Gasteiger partial charge in [-0.15, -0.1) is 10.2 Å². The first-order chi connectivity index (χ1) is 9.60. The van der Waals surface area contributed by atoms with Crippen molar-refractivity contribution < 1.29 is 9.84 Å². The minimum absolute atomic E-state index is 0.254. The van der Waals surface area contributed by atoms with Crippen LogP contribution in [0, 0.1) is 0 Å². The van der Waals surface area contributed by atoms with Crippen LogP contribution in [-0.4, -0.2) is 44.9 Å². The highest BCUT2D eigenvalue weighted by atomic mass is 32.2. The minimum atomic E-state index is -0.490. The lowest BCUT2D eigenvalue weighted by molar-refractivity contribution is 0.0473. The van der Waals surface area contributed by atoms with E-state index in [1.807, 2.05) is 4.57 Å². The van der Waals surface area contributed by atoms with E-state index in [1.165, 1.54) is 11.8 Å². The first-order valence-corrected chi connectivity index (χ1v) is 8.11. The molecule has 0 spiro atoms. The molecule has 20 heavy (non-hydrogen) atoms. The molecule has 0 amide bonds. The van der Waals surface area contributed by atoms with E-state index < -0.39 is 6.10 Å². The molecular formula is C13H26N4O2S. The topological polar surface area (TPSA) is 86.2 Å². The van der Waals surface area contributed by atoms with Crippen molar-refractivity contribution in [3.8, 4) is 0 Å². The Balaban J connectivity index is 2.43. The van der Waals surface area contributed by atoms with Gasteiger partial charge in [-0.1, -0.05) is 25.1 Å². The largest absolute Gasteiger partial charge is 0.390 e. The van der Waals surface area contributed by atoms with Gasteiger partial charge < -0.3 is 20.1 Å². The molecule has 0 fully saturated rings. The molecule has 1 rings (SSSR count). The van der Waals surface area contributed by atoms with E-state index in [4.69, 9.17) is 10.5 Å². The van der Waals surface area contributed by atoms with Gasteiger partial charge in [-0.25, -0.2) is 0 Å². The second kappa shape index (κ2) is 9.33. The van der Waals surface area contributed by atoms with Crippen molar-refractivity contribution in [3.63, 3.8) is 0 Å². The molecule has 0 saturated heterocycles. The predicted octanol–water partition coefficient (Wildman–Crippen LogP) is 1.59. The first-order valence-electron chi connectivity index (χ1n) is 7.12. The summed E-state index contributed by atoms with van der Waals surface area (Å²) in [4.78, 5) is 0. The molecule has 6 nitrogen and oxygen atoms in total. The molecule has 1 atom stereocenters. The number of rotatable bonds is 10. The summed E-state index contributed by atoms with van der Waals surface area (Å²) in [5.74, 6) is 1.32. The van der Waals surface area contributed by atoms with Crippen LogP contribution < -0.4 is 5.73 Å². The van der Waals surface area contributed by atoms with Gasteiger partial charge in [0.15, 0.2) is 5.16 Å². The van der Waals surface area contributed by atoms with Gasteiger partial charge in [-0.2, -0.15) is 0 Å². The summed E-state index contributed by atoms with van der Waals surface area (Å²) in [5, 5.41) is 18.9. The Kier molecular flexibility index (Phi) is 8.13. The van der Waals surface area contributed by atoms with E-state index >= 15 is 0 Å². The molecule has 0 saturated carbocycles. The lowest BCUT2D eigenvalue weighted by Gasteiger charge is -2.14. The van der Waals surface area contributed by atoms with Crippen LogP contribution in [0.5, 0.6) is 0 Å².